The first kappa shape index (κ1) is 6.56. The predicted molar refractivity (Wildman–Crippen MR) is 28.5 cm³/mol. The van der Waals surface area contributed by atoms with Gasteiger partial charge in [0, 0.05) is 0 Å². The third-order valence-electron chi connectivity index (χ3n) is 0.645. The summed E-state index contributed by atoms with van der Waals surface area (Å²) >= 11 is 0. The molecule has 0 amide bonds. The van der Waals surface area contributed by atoms with Gasteiger partial charge in [-0.15, -0.1) is 0 Å². The van der Waals surface area contributed by atoms with Gasteiger partial charge in [0.2, 0.25) is 0 Å². The van der Waals surface area contributed by atoms with Crippen LogP contribution in [0.1, 0.15) is 13.8 Å². The molecule has 2 nitrogen and oxygen atoms in total. The van der Waals surface area contributed by atoms with Gasteiger partial charge in [0.15, 0.2) is 0 Å². The van der Waals surface area contributed by atoms with Gasteiger partial charge in [-0.2, -0.15) is 0 Å². The maximum absolute atomic E-state index is 7.98. The highest BCUT2D eigenvalue weighted by atomic mass is 16.5. The Hall–Kier alpha value is -0.435. The van der Waals surface area contributed by atoms with Crippen LogP contribution in [0, 0.1) is 0 Å². The molecule has 0 aliphatic rings. The Balaban J connectivity index is 3.17. The van der Waals surface area contributed by atoms with Crippen molar-refractivity contribution in [3.8, 4) is 0 Å². The van der Waals surface area contributed by atoms with Gasteiger partial charge in [0.1, 0.15) is 0 Å². The van der Waals surface area contributed by atoms with E-state index in [1.807, 2.05) is 6.92 Å². The summed E-state index contributed by atoms with van der Waals surface area (Å²) in [7, 11) is 0.662. The van der Waals surface area contributed by atoms with Crippen LogP contribution < -0.4 is 0 Å². The van der Waals surface area contributed by atoms with E-state index in [9.17, 15) is 0 Å². The Kier molecular flexibility index (Phi) is 3.51. The van der Waals surface area contributed by atoms with Crippen molar-refractivity contribution < 1.29 is 9.68 Å². The largest absolute Gasteiger partial charge is 0.569 e. The van der Waals surface area contributed by atoms with Crippen molar-refractivity contribution in [1.82, 2.24) is 0 Å². The third-order valence-corrected chi connectivity index (χ3v) is 0.645. The van der Waals surface area contributed by atoms with E-state index < -0.39 is 0 Å². The molecule has 0 fully saturated rings. The molecule has 0 saturated heterocycles. The first-order valence-corrected chi connectivity index (χ1v) is 2.06. The Bertz CT molecular complexity index is 70.1. The molecule has 0 aliphatic carbocycles. The van der Waals surface area contributed by atoms with Crippen LogP contribution in [0.4, 0.5) is 0 Å². The molecular formula is C4H8BO2. The Morgan fingerprint density at radius 1 is 1.86 bits per heavy atom. The highest BCUT2D eigenvalue weighted by molar-refractivity contribution is 6.16. The van der Waals surface area contributed by atoms with E-state index in [0.29, 0.717) is 13.4 Å². The van der Waals surface area contributed by atoms with Crippen molar-refractivity contribution in [2.24, 2.45) is 0 Å². The van der Waals surface area contributed by atoms with Crippen LogP contribution in [-0.4, -0.2) is 12.7 Å². The second kappa shape index (κ2) is 3.74. The summed E-state index contributed by atoms with van der Waals surface area (Å²) in [6.07, 6.45) is 1.76. The smallest absolute Gasteiger partial charge is 0.541 e. The van der Waals surface area contributed by atoms with Gasteiger partial charge in [-0.05, 0) is 13.8 Å². The maximum atomic E-state index is 7.98. The number of rotatable bonds is 2. The third kappa shape index (κ3) is 3.39. The van der Waals surface area contributed by atoms with Crippen molar-refractivity contribution in [2.75, 3.05) is 0 Å². The van der Waals surface area contributed by atoms with Gasteiger partial charge in [0.25, 0.3) is 0 Å². The monoisotopic (exact) mass is 99.1 g/mol. The molecule has 0 aromatic heterocycles. The highest BCUT2D eigenvalue weighted by Gasteiger charge is 1.84. The van der Waals surface area contributed by atoms with Crippen LogP contribution in [0.15, 0.2) is 11.8 Å². The van der Waals surface area contributed by atoms with Gasteiger partial charge in [-0.25, -0.2) is 0 Å². The average Bonchev–Trinajstić information content (AvgIpc) is 1.68. The van der Waals surface area contributed by atoms with E-state index in [-0.39, 0.29) is 0 Å². The normalized spacial score (nSPS) is 11.0. The first-order valence-electron chi connectivity index (χ1n) is 2.06. The van der Waals surface area contributed by atoms with Crippen LogP contribution in [0.25, 0.3) is 0 Å². The van der Waals surface area contributed by atoms with Crippen molar-refractivity contribution in [3.05, 3.63) is 11.8 Å². The number of hydrogen-bond acceptors (Lipinski definition) is 2. The lowest BCUT2D eigenvalue weighted by atomic mass is 10.4. The molecule has 0 spiro atoms. The van der Waals surface area contributed by atoms with Crippen LogP contribution in [-0.2, 0) is 4.65 Å². The number of hydrogen-bond donors (Lipinski definition) is 1. The van der Waals surface area contributed by atoms with E-state index in [0.717, 1.165) is 0 Å². The molecular weight excluding hydrogens is 90.9 g/mol. The molecule has 0 atom stereocenters. The molecule has 1 radical (unpaired) electrons. The minimum Gasteiger partial charge on any atom is -0.541 e. The van der Waals surface area contributed by atoms with Gasteiger partial charge >= 0.3 is 7.69 Å². The first-order chi connectivity index (χ1) is 3.31. The topological polar surface area (TPSA) is 29.5 Å². The molecule has 0 heterocycles. The molecule has 0 rings (SSSR count). The van der Waals surface area contributed by atoms with Gasteiger partial charge in [-0.3, -0.25) is 0 Å². The van der Waals surface area contributed by atoms with Gasteiger partial charge in [-0.1, -0.05) is 6.08 Å². The Labute approximate surface area is 44.1 Å². The lowest BCUT2D eigenvalue weighted by molar-refractivity contribution is 0.370. The fourth-order valence-electron chi connectivity index (χ4n) is 0.151. The zero-order valence-corrected chi connectivity index (χ0v) is 4.51. The van der Waals surface area contributed by atoms with E-state index >= 15 is 0 Å². The summed E-state index contributed by atoms with van der Waals surface area (Å²) < 4.78 is 4.48. The summed E-state index contributed by atoms with van der Waals surface area (Å²) in [5.74, 6) is 0.697. The quantitative estimate of drug-likeness (QED) is 0.402. The minimum absolute atomic E-state index is 0.662. The second-order valence-corrected chi connectivity index (χ2v) is 1.12. The van der Waals surface area contributed by atoms with Crippen LogP contribution in [0.3, 0.4) is 0 Å². The molecule has 0 saturated carbocycles. The van der Waals surface area contributed by atoms with E-state index in [1.54, 1.807) is 13.0 Å². The summed E-state index contributed by atoms with van der Waals surface area (Å²) in [6.45, 7) is 3.59. The molecule has 0 aromatic rings. The molecule has 39 valence electrons. The molecule has 0 aliphatic heterocycles. The zero-order valence-electron chi connectivity index (χ0n) is 4.51. The fourth-order valence-corrected chi connectivity index (χ4v) is 0.151. The molecule has 3 heteroatoms. The molecule has 7 heavy (non-hydrogen) atoms. The lowest BCUT2D eigenvalue weighted by Gasteiger charge is -1.95. The average molecular weight is 98.9 g/mol. The van der Waals surface area contributed by atoms with Crippen molar-refractivity contribution in [2.45, 2.75) is 13.8 Å². The maximum Gasteiger partial charge on any atom is 0.569 e. The molecule has 1 N–H and O–H groups in total. The number of allylic oxidation sites excluding steroid dienone is 2. The van der Waals surface area contributed by atoms with E-state index in [4.69, 9.17) is 5.02 Å². The van der Waals surface area contributed by atoms with Crippen molar-refractivity contribution in [3.63, 3.8) is 0 Å². The van der Waals surface area contributed by atoms with E-state index in [1.165, 1.54) is 0 Å². The lowest BCUT2D eigenvalue weighted by Crippen LogP contribution is -1.92. The molecule has 0 bridgehead atoms. The van der Waals surface area contributed by atoms with Crippen LogP contribution in [0.2, 0.25) is 0 Å². The van der Waals surface area contributed by atoms with Crippen LogP contribution >= 0.6 is 0 Å². The Morgan fingerprint density at radius 2 is 2.43 bits per heavy atom. The standard InChI is InChI=1S/C4H8BO2/c1-3-4(2)7-5-6/h3,6H,1-2H3/b4-3+. The molecule has 0 aromatic carbocycles. The highest BCUT2D eigenvalue weighted by Crippen LogP contribution is 1.88. The van der Waals surface area contributed by atoms with E-state index in [2.05, 4.69) is 4.65 Å². The summed E-state index contributed by atoms with van der Waals surface area (Å²) in [5, 5.41) is 7.98. The zero-order chi connectivity index (χ0) is 5.70. The van der Waals surface area contributed by atoms with Crippen molar-refractivity contribution in [1.29, 1.82) is 0 Å². The van der Waals surface area contributed by atoms with Crippen LogP contribution in [0.5, 0.6) is 0 Å². The predicted octanol–water partition coefficient (Wildman–Crippen LogP) is 0.453. The fraction of sp³-hybridized carbons (Fsp3) is 0.500. The Morgan fingerprint density at radius 3 is 2.57 bits per heavy atom. The summed E-state index contributed by atoms with van der Waals surface area (Å²) in [4.78, 5) is 0. The summed E-state index contributed by atoms with van der Waals surface area (Å²) in [5.41, 5.74) is 0. The second-order valence-electron chi connectivity index (χ2n) is 1.12. The van der Waals surface area contributed by atoms with Crippen molar-refractivity contribution >= 4 is 7.69 Å². The summed E-state index contributed by atoms with van der Waals surface area (Å²) in [6, 6.07) is 0. The van der Waals surface area contributed by atoms with Gasteiger partial charge < -0.3 is 9.68 Å². The molecule has 0 unspecified atom stereocenters. The SMILES string of the molecule is C/C=C(\C)O[B]O. The minimum atomic E-state index is 0.662. The van der Waals surface area contributed by atoms with Gasteiger partial charge in [0.05, 0.1) is 5.76 Å².